The van der Waals surface area contributed by atoms with E-state index in [1.807, 2.05) is 19.1 Å². The normalized spacial score (nSPS) is 23.6. The lowest BCUT2D eigenvalue weighted by Gasteiger charge is -2.17. The average Bonchev–Trinajstić information content (AvgIpc) is 2.65. The van der Waals surface area contributed by atoms with E-state index in [9.17, 15) is 4.39 Å². The van der Waals surface area contributed by atoms with Crippen LogP contribution in [0.5, 0.6) is 0 Å². The molecular formula is C17H18BrFS. The third-order valence-corrected chi connectivity index (χ3v) is 5.47. The summed E-state index contributed by atoms with van der Waals surface area (Å²) < 4.78 is 14.4. The highest BCUT2D eigenvalue weighted by Crippen LogP contribution is 2.43. The van der Waals surface area contributed by atoms with Gasteiger partial charge in [0.25, 0.3) is 0 Å². The van der Waals surface area contributed by atoms with Crippen LogP contribution in [0.4, 0.5) is 4.39 Å². The predicted octanol–water partition coefficient (Wildman–Crippen LogP) is 6.22. The molecule has 0 saturated heterocycles. The Bertz CT molecular complexity index is 576. The number of allylic oxidation sites excluding steroid dienone is 9. The van der Waals surface area contributed by atoms with Crippen LogP contribution in [0.2, 0.25) is 0 Å². The average molecular weight is 353 g/mol. The molecule has 1 aliphatic carbocycles. The van der Waals surface area contributed by atoms with Gasteiger partial charge in [-0.1, -0.05) is 53.2 Å². The SMILES string of the molecule is C=C(Br)C1=C(/C=C\C)C(C)C2=C(CC=C(F)C=C2)CS1. The molecule has 1 atom stereocenters. The van der Waals surface area contributed by atoms with Gasteiger partial charge in [-0.15, -0.1) is 11.8 Å². The Labute approximate surface area is 133 Å². The quantitative estimate of drug-likeness (QED) is 0.568. The monoisotopic (exact) mass is 352 g/mol. The largest absolute Gasteiger partial charge is 0.207 e. The van der Waals surface area contributed by atoms with E-state index in [4.69, 9.17) is 0 Å². The van der Waals surface area contributed by atoms with E-state index in [-0.39, 0.29) is 11.7 Å². The lowest BCUT2D eigenvalue weighted by atomic mass is 9.88. The van der Waals surface area contributed by atoms with E-state index >= 15 is 0 Å². The minimum Gasteiger partial charge on any atom is -0.207 e. The van der Waals surface area contributed by atoms with Crippen LogP contribution >= 0.6 is 27.7 Å². The molecule has 0 aromatic rings. The highest BCUT2D eigenvalue weighted by Gasteiger charge is 2.23. The van der Waals surface area contributed by atoms with E-state index < -0.39 is 0 Å². The first-order valence-corrected chi connectivity index (χ1v) is 8.42. The Balaban J connectivity index is 2.49. The van der Waals surface area contributed by atoms with Crippen LogP contribution in [0.25, 0.3) is 0 Å². The standard InChI is InChI=1S/C17H18BrFS/c1-4-5-16-11(2)15-9-8-14(19)7-6-13(15)10-20-17(16)12(3)18/h4-5,7-9,11H,3,6,10H2,1-2H3/b5-4-. The fourth-order valence-corrected chi connectivity index (χ4v) is 4.27. The maximum Gasteiger partial charge on any atom is 0.119 e. The zero-order chi connectivity index (χ0) is 14.7. The highest BCUT2D eigenvalue weighted by atomic mass is 79.9. The molecule has 0 aromatic heterocycles. The zero-order valence-electron chi connectivity index (χ0n) is 11.7. The van der Waals surface area contributed by atoms with Crippen LogP contribution in [0.3, 0.4) is 0 Å². The van der Waals surface area contributed by atoms with Crippen molar-refractivity contribution in [1.82, 2.24) is 0 Å². The van der Waals surface area contributed by atoms with Crippen molar-refractivity contribution in [2.24, 2.45) is 5.92 Å². The van der Waals surface area contributed by atoms with Crippen LogP contribution in [0.15, 0.2) is 68.9 Å². The number of hydrogen-bond donors (Lipinski definition) is 0. The van der Waals surface area contributed by atoms with Gasteiger partial charge in [0.2, 0.25) is 0 Å². The van der Waals surface area contributed by atoms with E-state index in [0.717, 1.165) is 10.2 Å². The molecule has 0 spiro atoms. The van der Waals surface area contributed by atoms with Crippen molar-refractivity contribution < 1.29 is 4.39 Å². The van der Waals surface area contributed by atoms with Gasteiger partial charge in [-0.3, -0.25) is 0 Å². The summed E-state index contributed by atoms with van der Waals surface area (Å²) in [5, 5.41) is 0. The first-order valence-electron chi connectivity index (χ1n) is 6.64. The molecule has 0 aromatic carbocycles. The van der Waals surface area contributed by atoms with Crippen molar-refractivity contribution in [3.05, 3.63) is 68.9 Å². The number of thioether (sulfide) groups is 1. The minimum absolute atomic E-state index is 0.142. The minimum atomic E-state index is -0.142. The first kappa shape index (κ1) is 15.6. The third-order valence-electron chi connectivity index (χ3n) is 3.55. The summed E-state index contributed by atoms with van der Waals surface area (Å²) in [7, 11) is 0. The second kappa shape index (κ2) is 6.77. The van der Waals surface area contributed by atoms with Crippen LogP contribution in [0, 0.1) is 5.92 Å². The number of hydrogen-bond acceptors (Lipinski definition) is 1. The lowest BCUT2D eigenvalue weighted by molar-refractivity contribution is 0.663. The maximum atomic E-state index is 13.5. The third kappa shape index (κ3) is 3.26. The lowest BCUT2D eigenvalue weighted by Crippen LogP contribution is -2.03. The van der Waals surface area contributed by atoms with Crippen molar-refractivity contribution >= 4 is 27.7 Å². The molecule has 0 saturated carbocycles. The van der Waals surface area contributed by atoms with Crippen LogP contribution in [0.1, 0.15) is 20.3 Å². The molecule has 0 radical (unpaired) electrons. The molecule has 2 aliphatic rings. The van der Waals surface area contributed by atoms with Gasteiger partial charge in [0.15, 0.2) is 0 Å². The molecule has 0 nitrogen and oxygen atoms in total. The molecule has 0 fully saturated rings. The molecule has 3 heteroatoms. The summed E-state index contributed by atoms with van der Waals surface area (Å²) in [6.45, 7) is 8.23. The second-order valence-corrected chi connectivity index (χ2v) is 6.83. The van der Waals surface area contributed by atoms with E-state index in [1.54, 1.807) is 23.9 Å². The van der Waals surface area contributed by atoms with Crippen LogP contribution in [-0.4, -0.2) is 5.75 Å². The first-order chi connectivity index (χ1) is 9.54. The Morgan fingerprint density at radius 2 is 2.25 bits per heavy atom. The van der Waals surface area contributed by atoms with Gasteiger partial charge < -0.3 is 0 Å². The second-order valence-electron chi connectivity index (χ2n) is 4.89. The molecular weight excluding hydrogens is 335 g/mol. The summed E-state index contributed by atoms with van der Waals surface area (Å²) >= 11 is 5.30. The predicted molar refractivity (Wildman–Crippen MR) is 91.5 cm³/mol. The van der Waals surface area contributed by atoms with Gasteiger partial charge in [0.1, 0.15) is 5.83 Å². The van der Waals surface area contributed by atoms with Crippen molar-refractivity contribution in [2.75, 3.05) is 5.75 Å². The molecule has 0 bridgehead atoms. The van der Waals surface area contributed by atoms with Gasteiger partial charge in [0, 0.05) is 21.1 Å². The zero-order valence-corrected chi connectivity index (χ0v) is 14.2. The van der Waals surface area contributed by atoms with Crippen molar-refractivity contribution in [3.63, 3.8) is 0 Å². The molecule has 106 valence electrons. The molecule has 0 N–H and O–H groups in total. The van der Waals surface area contributed by atoms with Gasteiger partial charge in [-0.2, -0.15) is 0 Å². The smallest absolute Gasteiger partial charge is 0.119 e. The Morgan fingerprint density at radius 3 is 2.90 bits per heavy atom. The van der Waals surface area contributed by atoms with Gasteiger partial charge >= 0.3 is 0 Å². The highest BCUT2D eigenvalue weighted by molar-refractivity contribution is 9.12. The summed E-state index contributed by atoms with van der Waals surface area (Å²) in [4.78, 5) is 1.20. The Kier molecular flexibility index (Phi) is 5.28. The van der Waals surface area contributed by atoms with E-state index in [0.29, 0.717) is 6.42 Å². The topological polar surface area (TPSA) is 0 Å². The summed E-state index contributed by atoms with van der Waals surface area (Å²) in [6, 6.07) is 0. The Morgan fingerprint density at radius 1 is 1.50 bits per heavy atom. The molecule has 1 aliphatic heterocycles. The summed E-state index contributed by atoms with van der Waals surface area (Å²) in [5.41, 5.74) is 3.78. The van der Waals surface area contributed by atoms with Gasteiger partial charge in [0.05, 0.1) is 0 Å². The van der Waals surface area contributed by atoms with Crippen LogP contribution in [-0.2, 0) is 0 Å². The molecule has 2 rings (SSSR count). The van der Waals surface area contributed by atoms with Crippen molar-refractivity contribution in [2.45, 2.75) is 20.3 Å². The summed E-state index contributed by atoms with van der Waals surface area (Å²) in [6.07, 6.45) is 10.0. The van der Waals surface area contributed by atoms with Crippen molar-refractivity contribution in [1.29, 1.82) is 0 Å². The molecule has 1 unspecified atom stereocenters. The molecule has 0 amide bonds. The van der Waals surface area contributed by atoms with Crippen molar-refractivity contribution in [3.8, 4) is 0 Å². The van der Waals surface area contributed by atoms with Crippen LogP contribution < -0.4 is 0 Å². The van der Waals surface area contributed by atoms with Gasteiger partial charge in [-0.25, -0.2) is 4.39 Å². The van der Waals surface area contributed by atoms with E-state index in [1.165, 1.54) is 21.6 Å². The number of rotatable bonds is 2. The molecule has 1 heterocycles. The fourth-order valence-electron chi connectivity index (χ4n) is 2.53. The maximum absolute atomic E-state index is 13.5. The van der Waals surface area contributed by atoms with E-state index in [2.05, 4.69) is 35.5 Å². The molecule has 20 heavy (non-hydrogen) atoms. The summed E-state index contributed by atoms with van der Waals surface area (Å²) in [5.74, 6) is 0.988. The van der Waals surface area contributed by atoms with Gasteiger partial charge in [-0.05, 0) is 36.6 Å². The number of halogens is 2. The Hall–Kier alpha value is -0.800. The fraction of sp³-hybridized carbons (Fsp3) is 0.294.